The molecule has 1 aliphatic heterocycles. The summed E-state index contributed by atoms with van der Waals surface area (Å²) >= 11 is 6.08. The Hall–Kier alpha value is -2.52. The molecule has 1 amide bonds. The van der Waals surface area contributed by atoms with Crippen molar-refractivity contribution in [3.8, 4) is 5.75 Å². The largest absolute Gasteiger partial charge is 0.490 e. The summed E-state index contributed by atoms with van der Waals surface area (Å²) in [4.78, 5) is 14.4. The van der Waals surface area contributed by atoms with E-state index in [-0.39, 0.29) is 5.91 Å². The van der Waals surface area contributed by atoms with Crippen molar-refractivity contribution in [2.45, 2.75) is 0 Å². The number of amides is 1. The van der Waals surface area contributed by atoms with Gasteiger partial charge in [0.25, 0.3) is 5.91 Å². The summed E-state index contributed by atoms with van der Waals surface area (Å²) in [6, 6.07) is 19.1. The topological polar surface area (TPSA) is 29.5 Å². The summed E-state index contributed by atoms with van der Waals surface area (Å²) in [6.45, 7) is 0.873. The van der Waals surface area contributed by atoms with Gasteiger partial charge in [0, 0.05) is 10.9 Å². The Morgan fingerprint density at radius 2 is 1.74 bits per heavy atom. The van der Waals surface area contributed by atoms with Gasteiger partial charge in [-0.3, -0.25) is 4.79 Å². The van der Waals surface area contributed by atoms with Crippen LogP contribution in [0.1, 0.15) is 10.4 Å². The number of rotatable bonds is 4. The van der Waals surface area contributed by atoms with Crippen molar-refractivity contribution >= 4 is 34.0 Å². The first-order valence-electron chi connectivity index (χ1n) is 7.46. The predicted octanol–water partition coefficient (Wildman–Crippen LogP) is 4.53. The van der Waals surface area contributed by atoms with Gasteiger partial charge < -0.3 is 9.64 Å². The molecule has 3 aromatic rings. The first-order valence-corrected chi connectivity index (χ1v) is 7.84. The van der Waals surface area contributed by atoms with E-state index in [1.165, 1.54) is 0 Å². The molecule has 1 heterocycles. The number of halogens is 1. The van der Waals surface area contributed by atoms with Crippen molar-refractivity contribution in [2.24, 2.45) is 0 Å². The van der Waals surface area contributed by atoms with E-state index < -0.39 is 0 Å². The molecule has 0 saturated heterocycles. The lowest BCUT2D eigenvalue weighted by atomic mass is 10.1. The third kappa shape index (κ3) is 2.34. The fourth-order valence-electron chi connectivity index (χ4n) is 3.01. The first kappa shape index (κ1) is 14.1. The molecule has 0 atom stereocenters. The molecule has 0 bridgehead atoms. The van der Waals surface area contributed by atoms with Crippen LogP contribution in [0.4, 0.5) is 5.69 Å². The number of nitrogens with zero attached hydrogens (tertiary/aromatic N) is 1. The Labute approximate surface area is 139 Å². The molecule has 3 nitrogen and oxygen atoms in total. The minimum absolute atomic E-state index is 0.0274. The number of hydrogen-bond donors (Lipinski definition) is 0. The Morgan fingerprint density at radius 3 is 2.57 bits per heavy atom. The van der Waals surface area contributed by atoms with Crippen molar-refractivity contribution in [1.29, 1.82) is 0 Å². The maximum absolute atomic E-state index is 12.6. The molecule has 0 fully saturated rings. The standard InChI is InChI=1S/C19H14ClNO2/c20-15-8-1-2-10-17(15)23-12-11-21-16-9-4-6-13-5-3-7-14(18(13)16)19(21)22/h1-10H,11-12H2. The van der Waals surface area contributed by atoms with Gasteiger partial charge in [-0.15, -0.1) is 0 Å². The van der Waals surface area contributed by atoms with E-state index in [4.69, 9.17) is 16.3 Å². The molecule has 0 unspecified atom stereocenters. The zero-order chi connectivity index (χ0) is 15.8. The quantitative estimate of drug-likeness (QED) is 0.706. The number of carbonyl (C=O) groups is 1. The molecule has 4 rings (SSSR count). The number of ether oxygens (including phenoxy) is 1. The van der Waals surface area contributed by atoms with Crippen molar-refractivity contribution in [2.75, 3.05) is 18.1 Å². The van der Waals surface area contributed by atoms with Gasteiger partial charge in [-0.05, 0) is 29.7 Å². The first-order chi connectivity index (χ1) is 11.3. The van der Waals surface area contributed by atoms with Crippen LogP contribution in [-0.2, 0) is 0 Å². The Kier molecular flexibility index (Phi) is 3.43. The van der Waals surface area contributed by atoms with E-state index in [2.05, 4.69) is 0 Å². The van der Waals surface area contributed by atoms with E-state index in [1.807, 2.05) is 54.6 Å². The molecule has 0 aliphatic carbocycles. The number of para-hydroxylation sites is 1. The monoisotopic (exact) mass is 323 g/mol. The Morgan fingerprint density at radius 1 is 0.957 bits per heavy atom. The van der Waals surface area contributed by atoms with Gasteiger partial charge in [0.05, 0.1) is 17.3 Å². The highest BCUT2D eigenvalue weighted by molar-refractivity contribution is 6.32. The van der Waals surface area contributed by atoms with Crippen LogP contribution in [0.15, 0.2) is 60.7 Å². The summed E-state index contributed by atoms with van der Waals surface area (Å²) in [7, 11) is 0. The Balaban J connectivity index is 1.56. The molecular weight excluding hydrogens is 310 g/mol. The highest BCUT2D eigenvalue weighted by Crippen LogP contribution is 2.36. The lowest BCUT2D eigenvalue weighted by Crippen LogP contribution is -2.31. The van der Waals surface area contributed by atoms with Gasteiger partial charge in [0.1, 0.15) is 12.4 Å². The fourth-order valence-corrected chi connectivity index (χ4v) is 3.20. The second-order valence-corrected chi connectivity index (χ2v) is 5.82. The third-order valence-corrected chi connectivity index (χ3v) is 4.37. The normalized spacial score (nSPS) is 12.9. The van der Waals surface area contributed by atoms with Crippen molar-refractivity contribution in [3.05, 3.63) is 71.2 Å². The minimum atomic E-state index is 0.0274. The maximum Gasteiger partial charge on any atom is 0.259 e. The molecule has 0 aromatic heterocycles. The smallest absolute Gasteiger partial charge is 0.259 e. The van der Waals surface area contributed by atoms with Crippen LogP contribution < -0.4 is 9.64 Å². The zero-order valence-corrected chi connectivity index (χ0v) is 13.1. The van der Waals surface area contributed by atoms with Crippen LogP contribution in [0, 0.1) is 0 Å². The Bertz CT molecular complexity index is 902. The molecular formula is C19H14ClNO2. The molecule has 1 aliphatic rings. The lowest BCUT2D eigenvalue weighted by Gasteiger charge is -2.18. The average molecular weight is 324 g/mol. The molecule has 0 saturated carbocycles. The highest BCUT2D eigenvalue weighted by atomic mass is 35.5. The molecule has 3 aromatic carbocycles. The van der Waals surface area contributed by atoms with E-state index >= 15 is 0 Å². The lowest BCUT2D eigenvalue weighted by molar-refractivity contribution is 0.0989. The average Bonchev–Trinajstić information content (AvgIpc) is 2.85. The molecule has 0 spiro atoms. The van der Waals surface area contributed by atoms with E-state index in [1.54, 1.807) is 11.0 Å². The molecule has 23 heavy (non-hydrogen) atoms. The molecule has 114 valence electrons. The molecule has 0 N–H and O–H groups in total. The van der Waals surface area contributed by atoms with Crippen LogP contribution in [-0.4, -0.2) is 19.1 Å². The maximum atomic E-state index is 12.6. The summed E-state index contributed by atoms with van der Waals surface area (Å²) < 4.78 is 5.72. The summed E-state index contributed by atoms with van der Waals surface area (Å²) in [5.41, 5.74) is 1.71. The predicted molar refractivity (Wildman–Crippen MR) is 92.6 cm³/mol. The minimum Gasteiger partial charge on any atom is -0.490 e. The fraction of sp³-hybridized carbons (Fsp3) is 0.105. The molecule has 4 heteroatoms. The van der Waals surface area contributed by atoms with Crippen LogP contribution in [0.25, 0.3) is 10.8 Å². The summed E-state index contributed by atoms with van der Waals surface area (Å²) in [5.74, 6) is 0.663. The highest BCUT2D eigenvalue weighted by Gasteiger charge is 2.29. The van der Waals surface area contributed by atoms with E-state index in [9.17, 15) is 4.79 Å². The van der Waals surface area contributed by atoms with Crippen LogP contribution in [0.3, 0.4) is 0 Å². The summed E-state index contributed by atoms with van der Waals surface area (Å²) in [6.07, 6.45) is 0. The second-order valence-electron chi connectivity index (χ2n) is 5.42. The SMILES string of the molecule is O=C1c2cccc3cccc(c23)N1CCOc1ccccc1Cl. The molecule has 0 radical (unpaired) electrons. The van der Waals surface area contributed by atoms with E-state index in [0.717, 1.165) is 22.0 Å². The number of benzene rings is 3. The van der Waals surface area contributed by atoms with Gasteiger partial charge in [-0.25, -0.2) is 0 Å². The van der Waals surface area contributed by atoms with Crippen LogP contribution in [0.5, 0.6) is 5.75 Å². The van der Waals surface area contributed by atoms with Crippen LogP contribution in [0.2, 0.25) is 5.02 Å². The summed E-state index contributed by atoms with van der Waals surface area (Å²) in [5, 5.41) is 2.69. The van der Waals surface area contributed by atoms with Crippen molar-refractivity contribution in [1.82, 2.24) is 0 Å². The van der Waals surface area contributed by atoms with E-state index in [0.29, 0.717) is 23.9 Å². The van der Waals surface area contributed by atoms with Crippen molar-refractivity contribution in [3.63, 3.8) is 0 Å². The zero-order valence-electron chi connectivity index (χ0n) is 12.3. The van der Waals surface area contributed by atoms with Crippen LogP contribution >= 0.6 is 11.6 Å². The van der Waals surface area contributed by atoms with Gasteiger partial charge in [-0.1, -0.05) is 48.0 Å². The number of hydrogen-bond acceptors (Lipinski definition) is 2. The van der Waals surface area contributed by atoms with Gasteiger partial charge >= 0.3 is 0 Å². The van der Waals surface area contributed by atoms with Gasteiger partial charge in [-0.2, -0.15) is 0 Å². The van der Waals surface area contributed by atoms with Crippen molar-refractivity contribution < 1.29 is 9.53 Å². The van der Waals surface area contributed by atoms with Gasteiger partial charge in [0.15, 0.2) is 0 Å². The second kappa shape index (κ2) is 5.60. The number of anilines is 1. The number of carbonyl (C=O) groups excluding carboxylic acids is 1. The third-order valence-electron chi connectivity index (χ3n) is 4.06. The van der Waals surface area contributed by atoms with Gasteiger partial charge in [0.2, 0.25) is 0 Å².